The molecule has 0 aliphatic carbocycles. The lowest BCUT2D eigenvalue weighted by molar-refractivity contribution is -0.122. The van der Waals surface area contributed by atoms with Crippen LogP contribution in [0, 0.1) is 32.6 Å². The Labute approximate surface area is 192 Å². The fourth-order valence-electron chi connectivity index (χ4n) is 5.64. The van der Waals surface area contributed by atoms with Gasteiger partial charge in [0.1, 0.15) is 5.69 Å². The number of aromatic nitrogens is 2. The maximum Gasteiger partial charge on any atom is 0.290 e. The lowest BCUT2D eigenvalue weighted by Crippen LogP contribution is -2.42. The minimum atomic E-state index is -0.254. The monoisotopic (exact) mass is 454 g/mol. The molecule has 3 aliphatic rings. The maximum absolute atomic E-state index is 13.3. The van der Waals surface area contributed by atoms with Crippen molar-refractivity contribution in [2.24, 2.45) is 11.8 Å². The summed E-state index contributed by atoms with van der Waals surface area (Å²) in [6.45, 7) is 7.46. The Balaban J connectivity index is 0.000000821. The number of nitrogens with one attached hydrogen (secondary N) is 2. The molecule has 2 aromatic rings. The Kier molecular flexibility index (Phi) is 6.25. The van der Waals surface area contributed by atoms with Crippen LogP contribution in [0.4, 0.5) is 0 Å². The van der Waals surface area contributed by atoms with Gasteiger partial charge in [0.05, 0.1) is 24.6 Å². The second-order valence-electron chi connectivity index (χ2n) is 9.23. The molecule has 3 aliphatic heterocycles. The number of benzene rings is 1. The first kappa shape index (κ1) is 23.0. The van der Waals surface area contributed by atoms with Gasteiger partial charge >= 0.3 is 0 Å². The number of fused-ring (bicyclic) bond motifs is 1. The fourth-order valence-corrected chi connectivity index (χ4v) is 5.64. The zero-order valence-corrected chi connectivity index (χ0v) is 19.1. The molecule has 0 saturated carbocycles. The highest BCUT2D eigenvalue weighted by atomic mass is 16.5. The standard InChI is InChI=1S/C23H28N4O3.CH2O2/c1-13-4-5-14(2)16(8-13)22(29)27-10-18-17(19-6-7-23(18,11-27)30-19)9-24-21(28)20-15(3)25-12-26-20;2-1-3/h4-5,8,12,17-19H,6-7,9-11H2,1-3H3,(H,24,28)(H,25,26);1H,(H,2,3)/t17-,18+,19+,23+;/m0./s1. The molecule has 1 aromatic carbocycles. The van der Waals surface area contributed by atoms with Gasteiger partial charge in [0, 0.05) is 36.2 Å². The lowest BCUT2D eigenvalue weighted by atomic mass is 9.73. The van der Waals surface area contributed by atoms with E-state index in [0.717, 1.165) is 35.2 Å². The van der Waals surface area contributed by atoms with Gasteiger partial charge in [0.15, 0.2) is 0 Å². The van der Waals surface area contributed by atoms with Gasteiger partial charge < -0.3 is 25.0 Å². The van der Waals surface area contributed by atoms with Crippen LogP contribution in [0.15, 0.2) is 24.5 Å². The van der Waals surface area contributed by atoms with E-state index in [4.69, 9.17) is 14.6 Å². The number of likely N-dealkylation sites (tertiary alicyclic amines) is 1. The van der Waals surface area contributed by atoms with Crippen molar-refractivity contribution < 1.29 is 24.2 Å². The molecule has 33 heavy (non-hydrogen) atoms. The minimum absolute atomic E-state index is 0.0851. The predicted octanol–water partition coefficient (Wildman–Crippen LogP) is 2.09. The van der Waals surface area contributed by atoms with Crippen molar-refractivity contribution in [2.45, 2.75) is 45.3 Å². The van der Waals surface area contributed by atoms with Crippen molar-refractivity contribution in [1.82, 2.24) is 20.2 Å². The number of amides is 2. The third-order valence-corrected chi connectivity index (χ3v) is 7.24. The average molecular weight is 455 g/mol. The molecule has 1 aromatic heterocycles. The number of rotatable bonds is 4. The molecule has 3 N–H and O–H groups in total. The van der Waals surface area contributed by atoms with Crippen molar-refractivity contribution >= 4 is 18.3 Å². The smallest absolute Gasteiger partial charge is 0.290 e. The fraction of sp³-hybridized carbons (Fsp3) is 0.500. The Morgan fingerprint density at radius 2 is 2.12 bits per heavy atom. The number of imidazole rings is 1. The second-order valence-corrected chi connectivity index (χ2v) is 9.23. The van der Waals surface area contributed by atoms with Gasteiger partial charge in [-0.1, -0.05) is 17.7 Å². The van der Waals surface area contributed by atoms with E-state index in [1.54, 1.807) is 0 Å². The number of ether oxygens (including phenoxy) is 1. The first-order chi connectivity index (χ1) is 15.8. The summed E-state index contributed by atoms with van der Waals surface area (Å²) in [5.74, 6) is 0.401. The number of hydrogen-bond donors (Lipinski definition) is 3. The summed E-state index contributed by atoms with van der Waals surface area (Å²) >= 11 is 0. The Morgan fingerprint density at radius 1 is 1.36 bits per heavy atom. The molecule has 2 bridgehead atoms. The zero-order valence-electron chi connectivity index (χ0n) is 19.1. The first-order valence-corrected chi connectivity index (χ1v) is 11.2. The van der Waals surface area contributed by atoms with Crippen LogP contribution in [0.5, 0.6) is 0 Å². The molecule has 0 unspecified atom stereocenters. The number of nitrogens with zero attached hydrogens (tertiary/aromatic N) is 2. The number of carbonyl (C=O) groups excluding carboxylic acids is 2. The van der Waals surface area contributed by atoms with E-state index in [0.29, 0.717) is 25.3 Å². The van der Waals surface area contributed by atoms with Gasteiger partial charge in [0.2, 0.25) is 0 Å². The predicted molar refractivity (Wildman–Crippen MR) is 120 cm³/mol. The lowest BCUT2D eigenvalue weighted by Gasteiger charge is -2.29. The molecule has 9 nitrogen and oxygen atoms in total. The minimum Gasteiger partial charge on any atom is -0.483 e. The summed E-state index contributed by atoms with van der Waals surface area (Å²) < 4.78 is 6.45. The highest BCUT2D eigenvalue weighted by Gasteiger charge is 2.63. The van der Waals surface area contributed by atoms with Gasteiger partial charge in [-0.05, 0) is 45.2 Å². The summed E-state index contributed by atoms with van der Waals surface area (Å²) in [6.07, 6.45) is 3.67. The van der Waals surface area contributed by atoms with Crippen LogP contribution in [0.25, 0.3) is 0 Å². The van der Waals surface area contributed by atoms with E-state index in [-0.39, 0.29) is 41.8 Å². The zero-order chi connectivity index (χ0) is 23.8. The van der Waals surface area contributed by atoms with Crippen molar-refractivity contribution in [3.63, 3.8) is 0 Å². The third kappa shape index (κ3) is 4.13. The molecule has 3 saturated heterocycles. The van der Waals surface area contributed by atoms with Crippen LogP contribution in [0.1, 0.15) is 50.5 Å². The van der Waals surface area contributed by atoms with Gasteiger partial charge in [-0.3, -0.25) is 14.4 Å². The number of carbonyl (C=O) groups is 3. The van der Waals surface area contributed by atoms with Gasteiger partial charge in [-0.15, -0.1) is 0 Å². The largest absolute Gasteiger partial charge is 0.483 e. The van der Waals surface area contributed by atoms with Gasteiger partial charge in [-0.25, -0.2) is 4.98 Å². The Hall–Kier alpha value is -3.20. The van der Waals surface area contributed by atoms with Crippen LogP contribution < -0.4 is 5.32 Å². The summed E-state index contributed by atoms with van der Waals surface area (Å²) in [4.78, 5) is 43.2. The SMILES string of the molecule is Cc1ccc(C)c(C(=O)N2C[C@@H]3[C@H](CNC(=O)c4nc[nH]c4C)[C@H]4CC[C@]3(C2)O4)c1.O=CO. The third-order valence-electron chi connectivity index (χ3n) is 7.24. The number of carboxylic acid groups (broad SMARTS) is 1. The van der Waals surface area contributed by atoms with Crippen molar-refractivity contribution in [2.75, 3.05) is 19.6 Å². The summed E-state index contributed by atoms with van der Waals surface area (Å²) in [5, 5.41) is 9.94. The van der Waals surface area contributed by atoms with Gasteiger partial charge in [0.25, 0.3) is 18.3 Å². The molecular weight excluding hydrogens is 424 g/mol. The van der Waals surface area contributed by atoms with Crippen molar-refractivity contribution in [1.29, 1.82) is 0 Å². The molecule has 1 spiro atoms. The molecule has 4 heterocycles. The highest BCUT2D eigenvalue weighted by molar-refractivity contribution is 5.96. The molecule has 2 amide bonds. The van der Waals surface area contributed by atoms with Crippen LogP contribution in [-0.2, 0) is 9.53 Å². The molecular formula is C24H30N4O5. The van der Waals surface area contributed by atoms with E-state index in [2.05, 4.69) is 15.3 Å². The molecule has 9 heteroatoms. The van der Waals surface area contributed by atoms with Gasteiger partial charge in [-0.2, -0.15) is 0 Å². The van der Waals surface area contributed by atoms with Crippen LogP contribution >= 0.6 is 0 Å². The topological polar surface area (TPSA) is 125 Å². The van der Waals surface area contributed by atoms with E-state index in [9.17, 15) is 9.59 Å². The quantitative estimate of drug-likeness (QED) is 0.608. The molecule has 176 valence electrons. The highest BCUT2D eigenvalue weighted by Crippen LogP contribution is 2.54. The summed E-state index contributed by atoms with van der Waals surface area (Å²) in [7, 11) is 0. The van der Waals surface area contributed by atoms with E-state index >= 15 is 0 Å². The number of aromatic amines is 1. The number of hydrogen-bond acceptors (Lipinski definition) is 5. The first-order valence-electron chi connectivity index (χ1n) is 11.2. The number of aryl methyl sites for hydroxylation is 3. The van der Waals surface area contributed by atoms with E-state index in [1.807, 2.05) is 43.9 Å². The summed E-state index contributed by atoms with van der Waals surface area (Å²) in [5.41, 5.74) is 3.82. The molecule has 5 rings (SSSR count). The Morgan fingerprint density at radius 3 is 2.82 bits per heavy atom. The summed E-state index contributed by atoms with van der Waals surface area (Å²) in [6, 6.07) is 6.02. The van der Waals surface area contributed by atoms with Crippen molar-refractivity contribution in [3.05, 3.63) is 52.6 Å². The number of H-pyrrole nitrogens is 1. The average Bonchev–Trinajstić information content (AvgIpc) is 3.54. The van der Waals surface area contributed by atoms with Crippen LogP contribution in [-0.4, -0.2) is 69.6 Å². The van der Waals surface area contributed by atoms with Crippen LogP contribution in [0.2, 0.25) is 0 Å². The van der Waals surface area contributed by atoms with Crippen molar-refractivity contribution in [3.8, 4) is 0 Å². The normalized spacial score (nSPS) is 27.0. The maximum atomic E-state index is 13.3. The molecule has 3 fully saturated rings. The molecule has 0 radical (unpaired) electrons. The van der Waals surface area contributed by atoms with E-state index in [1.165, 1.54) is 6.33 Å². The van der Waals surface area contributed by atoms with Crippen LogP contribution in [0.3, 0.4) is 0 Å². The second kappa shape index (κ2) is 8.97. The Bertz CT molecular complexity index is 1070. The molecule has 4 atom stereocenters. The van der Waals surface area contributed by atoms with E-state index < -0.39 is 0 Å².